The maximum atomic E-state index is 8.84. The van der Waals surface area contributed by atoms with Crippen molar-refractivity contribution in [2.24, 2.45) is 17.6 Å². The molecule has 1 atom stereocenters. The van der Waals surface area contributed by atoms with Crippen LogP contribution in [0.15, 0.2) is 18.2 Å². The quantitative estimate of drug-likeness (QED) is 0.450. The second kappa shape index (κ2) is 11.2. The number of nitrogens with two attached hydrogens (primary N) is 1. The van der Waals surface area contributed by atoms with Gasteiger partial charge in [-0.25, -0.2) is 0 Å². The van der Waals surface area contributed by atoms with Crippen molar-refractivity contribution in [3.63, 3.8) is 0 Å². The van der Waals surface area contributed by atoms with Gasteiger partial charge in [0.15, 0.2) is 0 Å². The van der Waals surface area contributed by atoms with E-state index in [9.17, 15) is 0 Å². The average Bonchev–Trinajstić information content (AvgIpc) is 3.05. The van der Waals surface area contributed by atoms with Gasteiger partial charge in [-0.3, -0.25) is 0 Å². The van der Waals surface area contributed by atoms with Crippen molar-refractivity contribution in [2.75, 3.05) is 6.61 Å². The summed E-state index contributed by atoms with van der Waals surface area (Å²) in [6, 6.07) is 6.94. The van der Waals surface area contributed by atoms with Gasteiger partial charge in [0.2, 0.25) is 0 Å². The molecule has 27 heavy (non-hydrogen) atoms. The van der Waals surface area contributed by atoms with Crippen LogP contribution < -0.4 is 10.5 Å². The van der Waals surface area contributed by atoms with E-state index >= 15 is 0 Å². The fraction of sp³-hybridized carbons (Fsp3) is 0.650. The molecule has 1 fully saturated rings. The van der Waals surface area contributed by atoms with Crippen LogP contribution in [0.25, 0.3) is 0 Å². The molecule has 4 N–H and O–H groups in total. The summed E-state index contributed by atoms with van der Waals surface area (Å²) >= 11 is 0. The fourth-order valence-corrected chi connectivity index (χ4v) is 4.08. The van der Waals surface area contributed by atoms with Crippen molar-refractivity contribution in [3.05, 3.63) is 29.3 Å². The Morgan fingerprint density at radius 2 is 2.00 bits per heavy atom. The molecule has 0 spiro atoms. The van der Waals surface area contributed by atoms with E-state index in [4.69, 9.17) is 30.1 Å². The summed E-state index contributed by atoms with van der Waals surface area (Å²) in [6.07, 6.45) is 9.57. The molecule has 1 aromatic carbocycles. The van der Waals surface area contributed by atoms with Crippen LogP contribution in [0.3, 0.4) is 0 Å². The highest BCUT2D eigenvalue weighted by Crippen LogP contribution is 2.39. The van der Waals surface area contributed by atoms with Gasteiger partial charge >= 0.3 is 13.3 Å². The van der Waals surface area contributed by atoms with Gasteiger partial charge in [-0.2, -0.15) is 9.59 Å². The van der Waals surface area contributed by atoms with Gasteiger partial charge in [-0.15, -0.1) is 0 Å². The fourth-order valence-electron chi connectivity index (χ4n) is 4.08. The summed E-state index contributed by atoms with van der Waals surface area (Å²) in [5.41, 5.74) is 9.10. The Balaban J connectivity index is 0.000000817. The first-order chi connectivity index (χ1) is 13.0. The molecule has 7 heteroatoms. The zero-order chi connectivity index (χ0) is 19.6. The van der Waals surface area contributed by atoms with Crippen LogP contribution in [-0.2, 0) is 22.4 Å². The number of hydrogen-bond donors (Lipinski definition) is 3. The van der Waals surface area contributed by atoms with E-state index in [2.05, 4.69) is 18.2 Å². The predicted octanol–water partition coefficient (Wildman–Crippen LogP) is 1.97. The Bertz CT molecular complexity index is 612. The molecule has 0 amide bonds. The van der Waals surface area contributed by atoms with Crippen molar-refractivity contribution in [1.29, 1.82) is 0 Å². The number of carbonyl (C=O) groups excluding carboxylic acids is 2. The van der Waals surface area contributed by atoms with Crippen LogP contribution in [0.4, 0.5) is 0 Å². The van der Waals surface area contributed by atoms with Crippen molar-refractivity contribution < 1.29 is 24.4 Å². The van der Waals surface area contributed by atoms with Crippen molar-refractivity contribution in [2.45, 2.75) is 63.7 Å². The summed E-state index contributed by atoms with van der Waals surface area (Å²) in [4.78, 5) is 16.2. The molecule has 0 saturated heterocycles. The van der Waals surface area contributed by atoms with Gasteiger partial charge in [0.05, 0.1) is 6.61 Å². The molecule has 1 unspecified atom stereocenters. The zero-order valence-electron chi connectivity index (χ0n) is 15.8. The molecule has 1 heterocycles. The lowest BCUT2D eigenvalue weighted by Gasteiger charge is -2.39. The Labute approximate surface area is 161 Å². The number of rotatable bonds is 9. The Morgan fingerprint density at radius 1 is 1.26 bits per heavy atom. The molecular weight excluding hydrogens is 345 g/mol. The molecule has 0 bridgehead atoms. The number of unbranched alkanes of at least 4 members (excludes halogenated alkanes) is 1. The van der Waals surface area contributed by atoms with Crippen molar-refractivity contribution in [1.82, 2.24) is 0 Å². The maximum Gasteiger partial charge on any atom is 0.451 e. The molecule has 148 valence electrons. The Kier molecular flexibility index (Phi) is 9.02. The SMILES string of the molecule is NC(CCCCB(O)O)C1CC(CCc2ccc3c(c2)CCO3)C1.O=C=O. The molecule has 1 aliphatic carbocycles. The molecule has 0 aromatic heterocycles. The number of fused-ring (bicyclic) bond motifs is 1. The first-order valence-corrected chi connectivity index (χ1v) is 9.89. The van der Waals surface area contributed by atoms with Gasteiger partial charge < -0.3 is 20.5 Å². The molecular formula is C20H30BNO5. The molecule has 2 aliphatic rings. The van der Waals surface area contributed by atoms with Crippen LogP contribution in [0.2, 0.25) is 6.32 Å². The first kappa shape index (κ1) is 21.6. The van der Waals surface area contributed by atoms with Gasteiger partial charge in [0.1, 0.15) is 5.75 Å². The third-order valence-electron chi connectivity index (χ3n) is 5.72. The summed E-state index contributed by atoms with van der Waals surface area (Å²) < 4.78 is 5.56. The van der Waals surface area contributed by atoms with Gasteiger partial charge in [-0.1, -0.05) is 25.0 Å². The normalized spacial score (nSPS) is 21.0. The highest BCUT2D eigenvalue weighted by Gasteiger charge is 2.32. The smallest absolute Gasteiger partial charge is 0.451 e. The maximum absolute atomic E-state index is 8.84. The monoisotopic (exact) mass is 375 g/mol. The third-order valence-corrected chi connectivity index (χ3v) is 5.72. The van der Waals surface area contributed by atoms with E-state index < -0.39 is 7.12 Å². The zero-order valence-corrected chi connectivity index (χ0v) is 15.8. The third kappa shape index (κ3) is 7.11. The lowest BCUT2D eigenvalue weighted by Crippen LogP contribution is -2.39. The van der Waals surface area contributed by atoms with Crippen LogP contribution in [0, 0.1) is 11.8 Å². The lowest BCUT2D eigenvalue weighted by atomic mass is 9.68. The predicted molar refractivity (Wildman–Crippen MR) is 102 cm³/mol. The molecule has 3 rings (SSSR count). The number of ether oxygens (including phenoxy) is 1. The van der Waals surface area contributed by atoms with E-state index in [1.165, 1.54) is 30.4 Å². The Morgan fingerprint density at radius 3 is 2.70 bits per heavy atom. The van der Waals surface area contributed by atoms with Gasteiger partial charge in [-0.05, 0) is 67.5 Å². The molecule has 1 saturated carbocycles. The highest BCUT2D eigenvalue weighted by molar-refractivity contribution is 6.40. The van der Waals surface area contributed by atoms with Crippen LogP contribution in [0.1, 0.15) is 49.7 Å². The van der Waals surface area contributed by atoms with Crippen molar-refractivity contribution >= 4 is 13.3 Å². The summed E-state index contributed by atoms with van der Waals surface area (Å²) in [6.45, 7) is 0.832. The van der Waals surface area contributed by atoms with Gasteiger partial charge in [0.25, 0.3) is 0 Å². The van der Waals surface area contributed by atoms with E-state index in [1.54, 1.807) is 0 Å². The largest absolute Gasteiger partial charge is 0.493 e. The number of aryl methyl sites for hydroxylation is 1. The minimum absolute atomic E-state index is 0.250. The summed E-state index contributed by atoms with van der Waals surface area (Å²) in [5.74, 6) is 2.56. The molecule has 0 radical (unpaired) electrons. The van der Waals surface area contributed by atoms with E-state index in [1.807, 2.05) is 0 Å². The second-order valence-corrected chi connectivity index (χ2v) is 7.69. The summed E-state index contributed by atoms with van der Waals surface area (Å²) in [5, 5.41) is 17.7. The van der Waals surface area contributed by atoms with E-state index in [0.29, 0.717) is 12.2 Å². The molecule has 1 aromatic rings. The number of benzene rings is 1. The van der Waals surface area contributed by atoms with Crippen molar-refractivity contribution in [3.8, 4) is 5.75 Å². The van der Waals surface area contributed by atoms with Crippen LogP contribution >= 0.6 is 0 Å². The number of hydrogen-bond acceptors (Lipinski definition) is 6. The molecule has 6 nitrogen and oxygen atoms in total. The highest BCUT2D eigenvalue weighted by atomic mass is 16.5. The standard InChI is InChI=1S/C19H30BNO3.CO2/c21-18(3-1-2-9-20(22)23)17-12-15(13-17)5-4-14-6-7-19-16(11-14)8-10-24-19;2-1-3/h6-7,11,15,17-18,22-23H,1-5,8-10,12-13,21H2;. The van der Waals surface area contributed by atoms with E-state index in [-0.39, 0.29) is 12.2 Å². The van der Waals surface area contributed by atoms with Gasteiger partial charge in [0, 0.05) is 12.5 Å². The lowest BCUT2D eigenvalue weighted by molar-refractivity contribution is -0.191. The second-order valence-electron chi connectivity index (χ2n) is 7.69. The minimum atomic E-state index is -1.17. The minimum Gasteiger partial charge on any atom is -0.493 e. The van der Waals surface area contributed by atoms with Crippen LogP contribution in [-0.4, -0.2) is 36.0 Å². The Hall–Kier alpha value is -1.66. The average molecular weight is 375 g/mol. The topological polar surface area (TPSA) is 110 Å². The summed E-state index contributed by atoms with van der Waals surface area (Å²) in [7, 11) is -1.17. The van der Waals surface area contributed by atoms with E-state index in [0.717, 1.165) is 50.4 Å². The first-order valence-electron chi connectivity index (χ1n) is 9.89. The molecule has 1 aliphatic heterocycles. The van der Waals surface area contributed by atoms with Crippen LogP contribution in [0.5, 0.6) is 5.75 Å².